The number of hydrogen-bond donors (Lipinski definition) is 2. The Labute approximate surface area is 190 Å². The van der Waals surface area contributed by atoms with Gasteiger partial charge in [0.2, 0.25) is 5.91 Å². The average Bonchev–Trinajstić information content (AvgIpc) is 3.12. The van der Waals surface area contributed by atoms with E-state index in [0.29, 0.717) is 6.54 Å². The fraction of sp³-hybridized carbons (Fsp3) is 0.480. The zero-order valence-electron chi connectivity index (χ0n) is 20.1. The molecule has 0 fully saturated rings. The number of hydrogen-bond acceptors (Lipinski definition) is 4. The smallest absolute Gasteiger partial charge is 0.222 e. The summed E-state index contributed by atoms with van der Waals surface area (Å²) >= 11 is 0. The summed E-state index contributed by atoms with van der Waals surface area (Å²) in [7, 11) is 6.43. The number of amides is 1. The number of phenols is 1. The largest absolute Gasteiger partial charge is 0.508 e. The van der Waals surface area contributed by atoms with E-state index in [4.69, 9.17) is 0 Å². The first-order chi connectivity index (χ1) is 14.9. The van der Waals surface area contributed by atoms with Gasteiger partial charge in [0.05, 0.1) is 34.1 Å². The van der Waals surface area contributed by atoms with Crippen LogP contribution >= 0.6 is 0 Å². The molecule has 0 saturated heterocycles. The molecule has 3 aromatic rings. The molecule has 0 radical (unpaired) electrons. The first kappa shape index (κ1) is 23.7. The maximum absolute atomic E-state index is 12.9. The highest BCUT2D eigenvalue weighted by Gasteiger charge is 2.25. The van der Waals surface area contributed by atoms with Crippen molar-refractivity contribution in [3.63, 3.8) is 0 Å². The number of aromatic hydroxyl groups is 1. The maximum atomic E-state index is 12.9. The Balaban J connectivity index is 1.88. The normalized spacial score (nSPS) is 13.3. The number of carbonyl (C=O) groups is 1. The van der Waals surface area contributed by atoms with Crippen LogP contribution in [0.3, 0.4) is 0 Å². The number of rotatable bonds is 8. The second-order valence-corrected chi connectivity index (χ2v) is 10.5. The average molecular weight is 439 g/mol. The summed E-state index contributed by atoms with van der Waals surface area (Å²) in [5.74, 6) is 0.214. The van der Waals surface area contributed by atoms with Gasteiger partial charge < -0.3 is 14.9 Å². The van der Waals surface area contributed by atoms with Crippen LogP contribution in [0.2, 0.25) is 0 Å². The number of phenolic OH excluding ortho intramolecular Hbond substituents is 1. The van der Waals surface area contributed by atoms with E-state index >= 15 is 0 Å². The molecule has 2 aromatic carbocycles. The SMILES string of the molecule is CC(C)(C)c1cc(C(CC(=O)NCCC[N+](C)(C)C)n2nc3ccccc3n2)ccc1O. The quantitative estimate of drug-likeness (QED) is 0.416. The highest BCUT2D eigenvalue weighted by atomic mass is 16.3. The lowest BCUT2D eigenvalue weighted by molar-refractivity contribution is -0.870. The molecule has 7 nitrogen and oxygen atoms in total. The second kappa shape index (κ2) is 9.28. The van der Waals surface area contributed by atoms with Crippen molar-refractivity contribution in [1.82, 2.24) is 20.3 Å². The Morgan fingerprint density at radius 3 is 2.28 bits per heavy atom. The Hall–Kier alpha value is -2.93. The molecule has 1 unspecified atom stereocenters. The molecule has 0 saturated carbocycles. The minimum atomic E-state index is -0.373. The summed E-state index contributed by atoms with van der Waals surface area (Å²) < 4.78 is 0.866. The molecule has 7 heteroatoms. The minimum Gasteiger partial charge on any atom is -0.508 e. The second-order valence-electron chi connectivity index (χ2n) is 10.5. The predicted molar refractivity (Wildman–Crippen MR) is 128 cm³/mol. The number of fused-ring (bicyclic) bond motifs is 1. The molecule has 32 heavy (non-hydrogen) atoms. The van der Waals surface area contributed by atoms with Crippen LogP contribution in [0.4, 0.5) is 0 Å². The van der Waals surface area contributed by atoms with Crippen molar-refractivity contribution >= 4 is 16.9 Å². The van der Waals surface area contributed by atoms with E-state index in [0.717, 1.165) is 39.6 Å². The third kappa shape index (κ3) is 6.07. The summed E-state index contributed by atoms with van der Waals surface area (Å²) in [5.41, 5.74) is 3.07. The van der Waals surface area contributed by atoms with Gasteiger partial charge in [-0.1, -0.05) is 39.0 Å². The minimum absolute atomic E-state index is 0.0388. The zero-order valence-corrected chi connectivity index (χ0v) is 20.1. The molecule has 0 spiro atoms. The van der Waals surface area contributed by atoms with Crippen LogP contribution in [0.15, 0.2) is 42.5 Å². The molecule has 1 amide bonds. The Bertz CT molecular complexity index is 1040. The van der Waals surface area contributed by atoms with Gasteiger partial charge >= 0.3 is 0 Å². The molecular formula is C25H36N5O2+. The number of aromatic nitrogens is 3. The molecule has 0 aliphatic heterocycles. The van der Waals surface area contributed by atoms with E-state index in [1.54, 1.807) is 10.9 Å². The Kier molecular flexibility index (Phi) is 6.88. The Morgan fingerprint density at radius 1 is 1.09 bits per heavy atom. The lowest BCUT2D eigenvalue weighted by Gasteiger charge is -2.24. The van der Waals surface area contributed by atoms with Crippen LogP contribution < -0.4 is 5.32 Å². The molecular weight excluding hydrogens is 402 g/mol. The summed E-state index contributed by atoms with van der Waals surface area (Å²) in [6, 6.07) is 12.8. The third-order valence-corrected chi connectivity index (χ3v) is 5.50. The summed E-state index contributed by atoms with van der Waals surface area (Å²) in [4.78, 5) is 14.5. The zero-order chi connectivity index (χ0) is 23.5. The maximum Gasteiger partial charge on any atom is 0.222 e. The van der Waals surface area contributed by atoms with Crippen LogP contribution in [-0.2, 0) is 10.2 Å². The van der Waals surface area contributed by atoms with Crippen LogP contribution in [-0.4, -0.2) is 64.7 Å². The first-order valence-corrected chi connectivity index (χ1v) is 11.2. The molecule has 0 aliphatic carbocycles. The van der Waals surface area contributed by atoms with Crippen molar-refractivity contribution in [3.05, 3.63) is 53.6 Å². The van der Waals surface area contributed by atoms with Gasteiger partial charge in [-0.25, -0.2) is 0 Å². The van der Waals surface area contributed by atoms with Crippen molar-refractivity contribution in [1.29, 1.82) is 0 Å². The van der Waals surface area contributed by atoms with Crippen molar-refractivity contribution in [2.75, 3.05) is 34.2 Å². The number of carbonyl (C=O) groups excluding carboxylic acids is 1. The lowest BCUT2D eigenvalue weighted by Crippen LogP contribution is -2.37. The van der Waals surface area contributed by atoms with Crippen LogP contribution in [0, 0.1) is 0 Å². The molecule has 2 N–H and O–H groups in total. The van der Waals surface area contributed by atoms with Gasteiger partial charge in [0, 0.05) is 13.0 Å². The predicted octanol–water partition coefficient (Wildman–Crippen LogP) is 3.63. The van der Waals surface area contributed by atoms with E-state index in [-0.39, 0.29) is 29.5 Å². The molecule has 1 heterocycles. The van der Waals surface area contributed by atoms with E-state index in [1.807, 2.05) is 36.4 Å². The fourth-order valence-electron chi connectivity index (χ4n) is 3.74. The highest BCUT2D eigenvalue weighted by Crippen LogP contribution is 2.34. The van der Waals surface area contributed by atoms with Crippen molar-refractivity contribution in [2.45, 2.75) is 45.1 Å². The molecule has 172 valence electrons. The van der Waals surface area contributed by atoms with E-state index in [2.05, 4.69) is 57.4 Å². The number of nitrogens with one attached hydrogen (secondary N) is 1. The molecule has 3 rings (SSSR count). The van der Waals surface area contributed by atoms with Gasteiger partial charge in [0.25, 0.3) is 0 Å². The molecule has 0 bridgehead atoms. The summed E-state index contributed by atoms with van der Waals surface area (Å²) in [6.45, 7) is 7.80. The Morgan fingerprint density at radius 2 is 1.72 bits per heavy atom. The van der Waals surface area contributed by atoms with Crippen LogP contribution in [0.5, 0.6) is 5.75 Å². The standard InChI is InChI=1S/C25H35N5O2/c1-25(2,3)19-16-18(12-13-23(19)31)22(17-24(32)26-14-9-15-30(4,5)6)29-27-20-10-7-8-11-21(20)28-29/h7-8,10-13,16,22H,9,14-15,17H2,1-6H3,(H-,26,31,32)/p+1. The van der Waals surface area contributed by atoms with Gasteiger partial charge in [-0.05, 0) is 40.8 Å². The van der Waals surface area contributed by atoms with Crippen LogP contribution in [0.25, 0.3) is 11.0 Å². The molecule has 0 aliphatic rings. The van der Waals surface area contributed by atoms with E-state index in [1.165, 1.54) is 0 Å². The number of benzene rings is 2. The third-order valence-electron chi connectivity index (χ3n) is 5.50. The summed E-state index contributed by atoms with van der Waals surface area (Å²) in [6.07, 6.45) is 1.14. The van der Waals surface area contributed by atoms with E-state index in [9.17, 15) is 9.90 Å². The van der Waals surface area contributed by atoms with Gasteiger partial charge in [-0.3, -0.25) is 4.79 Å². The molecule has 1 atom stereocenters. The first-order valence-electron chi connectivity index (χ1n) is 11.2. The monoisotopic (exact) mass is 438 g/mol. The molecule has 1 aromatic heterocycles. The fourth-order valence-corrected chi connectivity index (χ4v) is 3.74. The van der Waals surface area contributed by atoms with Gasteiger partial charge in [0.15, 0.2) is 0 Å². The lowest BCUT2D eigenvalue weighted by atomic mass is 9.84. The van der Waals surface area contributed by atoms with Crippen molar-refractivity contribution < 1.29 is 14.4 Å². The topological polar surface area (TPSA) is 80.0 Å². The van der Waals surface area contributed by atoms with Gasteiger partial charge in [-0.2, -0.15) is 15.0 Å². The van der Waals surface area contributed by atoms with Gasteiger partial charge in [0.1, 0.15) is 22.8 Å². The van der Waals surface area contributed by atoms with E-state index < -0.39 is 0 Å². The van der Waals surface area contributed by atoms with Crippen molar-refractivity contribution in [2.24, 2.45) is 0 Å². The summed E-state index contributed by atoms with van der Waals surface area (Å²) in [5, 5.41) is 22.7. The number of nitrogens with zero attached hydrogens (tertiary/aromatic N) is 4. The van der Waals surface area contributed by atoms with Crippen molar-refractivity contribution in [3.8, 4) is 5.75 Å². The number of quaternary nitrogens is 1. The van der Waals surface area contributed by atoms with Crippen LogP contribution in [0.1, 0.15) is 50.8 Å². The van der Waals surface area contributed by atoms with Gasteiger partial charge in [-0.15, -0.1) is 0 Å². The highest BCUT2D eigenvalue weighted by molar-refractivity contribution is 5.77.